The standard InChI is InChI=1S/C27H31F3O5S2/c1-25(2,3)33-20-12-16-23(17-13-20)36(22-10-8-7-9-11-22,37(31,32)35-27(28,29)30)24-18-14-21(15-19-24)34-26(4,5)6/h7-19H,1-6H3. The molecule has 0 N–H and O–H groups in total. The molecule has 0 aliphatic carbocycles. The summed E-state index contributed by atoms with van der Waals surface area (Å²) in [6.07, 6.45) is -5.42. The van der Waals surface area contributed by atoms with E-state index in [1.54, 1.807) is 42.5 Å². The number of alkyl halides is 3. The highest BCUT2D eigenvalue weighted by Gasteiger charge is 2.50. The molecular formula is C27H31F3O5S2. The van der Waals surface area contributed by atoms with Gasteiger partial charge in [-0.2, -0.15) is 12.6 Å². The van der Waals surface area contributed by atoms with Crippen molar-refractivity contribution in [3.8, 4) is 11.5 Å². The lowest BCUT2D eigenvalue weighted by Gasteiger charge is -2.39. The Morgan fingerprint density at radius 3 is 1.24 bits per heavy atom. The fourth-order valence-corrected chi connectivity index (χ4v) is 10.7. The van der Waals surface area contributed by atoms with Crippen molar-refractivity contribution >= 4 is 18.2 Å². The van der Waals surface area contributed by atoms with Crippen molar-refractivity contribution < 1.29 is 35.2 Å². The topological polar surface area (TPSA) is 61.8 Å². The van der Waals surface area contributed by atoms with Crippen LogP contribution >= 0.6 is 9.06 Å². The Labute approximate surface area is 217 Å². The van der Waals surface area contributed by atoms with E-state index in [2.05, 4.69) is 4.18 Å². The Hall–Kier alpha value is -2.69. The molecule has 0 aliphatic rings. The van der Waals surface area contributed by atoms with Crippen molar-refractivity contribution in [2.75, 3.05) is 0 Å². The Morgan fingerprint density at radius 2 is 0.919 bits per heavy atom. The molecule has 0 bridgehead atoms. The molecule has 3 rings (SSSR count). The maximum Gasteiger partial charge on any atom is 0.537 e. The molecule has 0 heterocycles. The molecule has 0 spiro atoms. The van der Waals surface area contributed by atoms with Crippen molar-refractivity contribution in [2.24, 2.45) is 0 Å². The highest BCUT2D eigenvalue weighted by Crippen LogP contribution is 2.73. The predicted molar refractivity (Wildman–Crippen MR) is 139 cm³/mol. The van der Waals surface area contributed by atoms with E-state index in [9.17, 15) is 21.6 Å². The molecule has 3 aromatic carbocycles. The summed E-state index contributed by atoms with van der Waals surface area (Å²) < 4.78 is 83.6. The predicted octanol–water partition coefficient (Wildman–Crippen LogP) is 8.10. The van der Waals surface area contributed by atoms with Crippen LogP contribution in [0.4, 0.5) is 13.2 Å². The van der Waals surface area contributed by atoms with Crippen LogP contribution in [0, 0.1) is 0 Å². The van der Waals surface area contributed by atoms with Crippen LogP contribution in [-0.4, -0.2) is 26.0 Å². The van der Waals surface area contributed by atoms with E-state index in [0.717, 1.165) is 0 Å². The van der Waals surface area contributed by atoms with Gasteiger partial charge >= 0.3 is 15.5 Å². The van der Waals surface area contributed by atoms with E-state index in [1.807, 2.05) is 41.5 Å². The maximum atomic E-state index is 13.7. The molecule has 202 valence electrons. The summed E-state index contributed by atoms with van der Waals surface area (Å²) in [4.78, 5) is 0.427. The van der Waals surface area contributed by atoms with Gasteiger partial charge in [-0.15, -0.1) is 13.2 Å². The summed E-state index contributed by atoms with van der Waals surface area (Å²) in [5, 5.41) is 0. The SMILES string of the molecule is CC(C)(C)Oc1ccc(S(c2ccccc2)(c2ccc(OC(C)(C)C)cc2)S(=O)(=O)OC(F)(F)F)cc1. The maximum absolute atomic E-state index is 13.7. The normalized spacial score (nSPS) is 13.8. The molecule has 0 unspecified atom stereocenters. The van der Waals surface area contributed by atoms with Gasteiger partial charge in [0.25, 0.3) is 0 Å². The molecule has 0 fully saturated rings. The van der Waals surface area contributed by atoms with Gasteiger partial charge in [0.15, 0.2) is 0 Å². The van der Waals surface area contributed by atoms with Gasteiger partial charge < -0.3 is 9.47 Å². The first-order chi connectivity index (χ1) is 16.9. The van der Waals surface area contributed by atoms with E-state index in [1.165, 1.54) is 36.4 Å². The molecule has 5 nitrogen and oxygen atoms in total. The Balaban J connectivity index is 2.33. The fourth-order valence-electron chi connectivity index (χ4n) is 3.65. The number of hydrogen-bond donors (Lipinski definition) is 0. The summed E-state index contributed by atoms with van der Waals surface area (Å²) in [6.45, 7) is 11.1. The van der Waals surface area contributed by atoms with Crippen LogP contribution in [0.3, 0.4) is 0 Å². The van der Waals surface area contributed by atoms with Crippen molar-refractivity contribution in [3.63, 3.8) is 0 Å². The summed E-state index contributed by atoms with van der Waals surface area (Å²) >= 11 is 0. The minimum Gasteiger partial charge on any atom is -0.488 e. The van der Waals surface area contributed by atoms with Gasteiger partial charge in [0, 0.05) is 14.7 Å². The zero-order valence-corrected chi connectivity index (χ0v) is 23.1. The minimum atomic E-state index is -5.42. The molecule has 0 aromatic heterocycles. The lowest BCUT2D eigenvalue weighted by Crippen LogP contribution is -2.26. The Kier molecular flexibility index (Phi) is 7.98. The minimum absolute atomic E-state index is 0.133. The number of ether oxygens (including phenoxy) is 2. The van der Waals surface area contributed by atoms with E-state index < -0.39 is 35.8 Å². The van der Waals surface area contributed by atoms with Crippen LogP contribution in [0.15, 0.2) is 93.5 Å². The van der Waals surface area contributed by atoms with Crippen LogP contribution in [0.25, 0.3) is 0 Å². The first-order valence-corrected chi connectivity index (χ1v) is 15.0. The Bertz CT molecular complexity index is 1230. The first-order valence-electron chi connectivity index (χ1n) is 11.4. The van der Waals surface area contributed by atoms with Gasteiger partial charge in [-0.25, -0.2) is 0 Å². The first kappa shape index (κ1) is 28.9. The van der Waals surface area contributed by atoms with Crippen molar-refractivity contribution in [1.82, 2.24) is 0 Å². The van der Waals surface area contributed by atoms with Crippen LogP contribution < -0.4 is 9.47 Å². The van der Waals surface area contributed by atoms with Crippen molar-refractivity contribution in [2.45, 2.75) is 73.8 Å². The van der Waals surface area contributed by atoms with Gasteiger partial charge in [-0.3, -0.25) is 0 Å². The second-order valence-corrected chi connectivity index (χ2v) is 16.4. The van der Waals surface area contributed by atoms with Gasteiger partial charge in [-0.05, 0) is 111 Å². The average molecular weight is 557 g/mol. The number of hydrogen-bond acceptors (Lipinski definition) is 5. The quantitative estimate of drug-likeness (QED) is 0.275. The van der Waals surface area contributed by atoms with Crippen molar-refractivity contribution in [3.05, 3.63) is 78.9 Å². The summed E-state index contributed by atoms with van der Waals surface area (Å²) in [6, 6.07) is 19.9. The third-order valence-electron chi connectivity index (χ3n) is 4.74. The zero-order valence-electron chi connectivity index (χ0n) is 21.5. The highest BCUT2D eigenvalue weighted by atomic mass is 33.2. The summed E-state index contributed by atoms with van der Waals surface area (Å²) in [5.41, 5.74) is -1.06. The number of rotatable bonds is 7. The monoisotopic (exact) mass is 556 g/mol. The van der Waals surface area contributed by atoms with Crippen LogP contribution in [0.1, 0.15) is 41.5 Å². The summed E-state index contributed by atoms with van der Waals surface area (Å²) in [5.74, 6) is 0.890. The number of benzene rings is 3. The highest BCUT2D eigenvalue weighted by molar-refractivity contribution is 8.89. The molecule has 0 saturated heterocycles. The Morgan fingerprint density at radius 1 is 0.568 bits per heavy atom. The van der Waals surface area contributed by atoms with Gasteiger partial charge in [-0.1, -0.05) is 18.2 Å². The average Bonchev–Trinajstić information content (AvgIpc) is 2.73. The van der Waals surface area contributed by atoms with Crippen LogP contribution in [-0.2, 0) is 13.3 Å². The second kappa shape index (κ2) is 10.2. The molecule has 10 heteroatoms. The second-order valence-electron chi connectivity index (χ2n) is 10.2. The summed E-state index contributed by atoms with van der Waals surface area (Å²) in [7, 11) is -8.97. The van der Waals surface area contributed by atoms with Crippen LogP contribution in [0.5, 0.6) is 11.5 Å². The molecule has 0 aliphatic heterocycles. The van der Waals surface area contributed by atoms with E-state index in [4.69, 9.17) is 9.47 Å². The zero-order chi connectivity index (χ0) is 27.7. The molecule has 0 radical (unpaired) electrons. The third-order valence-corrected chi connectivity index (χ3v) is 12.3. The van der Waals surface area contributed by atoms with E-state index in [-0.39, 0.29) is 14.7 Å². The molecule has 0 saturated carbocycles. The van der Waals surface area contributed by atoms with Crippen molar-refractivity contribution in [1.29, 1.82) is 0 Å². The van der Waals surface area contributed by atoms with Gasteiger partial charge in [0.2, 0.25) is 0 Å². The molecular weight excluding hydrogens is 525 g/mol. The lowest BCUT2D eigenvalue weighted by atomic mass is 10.2. The van der Waals surface area contributed by atoms with Crippen LogP contribution in [0.2, 0.25) is 0 Å². The smallest absolute Gasteiger partial charge is 0.488 e. The molecule has 37 heavy (non-hydrogen) atoms. The third kappa shape index (κ3) is 7.00. The van der Waals surface area contributed by atoms with E-state index >= 15 is 0 Å². The molecule has 3 aromatic rings. The molecule has 0 atom stereocenters. The van der Waals surface area contributed by atoms with E-state index in [0.29, 0.717) is 11.5 Å². The largest absolute Gasteiger partial charge is 0.537 e. The number of halogens is 3. The van der Waals surface area contributed by atoms with Gasteiger partial charge in [0.1, 0.15) is 22.7 Å². The fraction of sp³-hybridized carbons (Fsp3) is 0.333. The molecule has 0 amide bonds. The van der Waals surface area contributed by atoms with Gasteiger partial charge in [0.05, 0.1) is 0 Å². The lowest BCUT2D eigenvalue weighted by molar-refractivity contribution is -0.270.